The molecule has 3 heteroatoms. The molecule has 3 rings (SSSR count). The summed E-state index contributed by atoms with van der Waals surface area (Å²) in [6, 6.07) is 12.8. The molecule has 0 saturated carbocycles. The van der Waals surface area contributed by atoms with E-state index in [4.69, 9.17) is 23.2 Å². The molecular formula is C17H17Cl2N. The molecule has 0 bridgehead atoms. The standard InChI is InChI=1S/C17H17Cl2N/c1-10(2)11-4-6-16-13(7-11)9-17(20-16)12-3-5-14(18)15(19)8-12/h3-8,10,17,20H,9H2,1-2H3. The molecule has 0 amide bonds. The Bertz CT molecular complexity index is 649. The molecule has 1 nitrogen and oxygen atoms in total. The predicted octanol–water partition coefficient (Wildman–Crippen LogP) is 5.83. The molecular weight excluding hydrogens is 289 g/mol. The first-order chi connectivity index (χ1) is 9.54. The third-order valence-electron chi connectivity index (χ3n) is 3.90. The molecule has 1 aliphatic rings. The predicted molar refractivity (Wildman–Crippen MR) is 87.1 cm³/mol. The van der Waals surface area contributed by atoms with Gasteiger partial charge in [0.05, 0.1) is 16.1 Å². The van der Waals surface area contributed by atoms with Gasteiger partial charge in [-0.25, -0.2) is 0 Å². The minimum atomic E-state index is 0.280. The van der Waals surface area contributed by atoms with Crippen LogP contribution in [0.5, 0.6) is 0 Å². The van der Waals surface area contributed by atoms with Crippen molar-refractivity contribution >= 4 is 28.9 Å². The number of hydrogen-bond acceptors (Lipinski definition) is 1. The smallest absolute Gasteiger partial charge is 0.0595 e. The minimum Gasteiger partial charge on any atom is -0.378 e. The monoisotopic (exact) mass is 305 g/mol. The maximum Gasteiger partial charge on any atom is 0.0595 e. The van der Waals surface area contributed by atoms with E-state index in [-0.39, 0.29) is 6.04 Å². The van der Waals surface area contributed by atoms with Crippen LogP contribution in [-0.2, 0) is 6.42 Å². The van der Waals surface area contributed by atoms with Gasteiger partial charge in [0.15, 0.2) is 0 Å². The van der Waals surface area contributed by atoms with E-state index in [0.29, 0.717) is 16.0 Å². The highest BCUT2D eigenvalue weighted by molar-refractivity contribution is 6.42. The SMILES string of the molecule is CC(C)c1ccc2c(c1)CC(c1ccc(Cl)c(Cl)c1)N2. The van der Waals surface area contributed by atoms with Crippen molar-refractivity contribution in [2.45, 2.75) is 32.2 Å². The molecule has 1 atom stereocenters. The quantitative estimate of drug-likeness (QED) is 0.736. The molecule has 0 aliphatic carbocycles. The number of benzene rings is 2. The molecule has 1 aliphatic heterocycles. The van der Waals surface area contributed by atoms with Crippen molar-refractivity contribution in [1.82, 2.24) is 0 Å². The topological polar surface area (TPSA) is 12.0 Å². The Hall–Kier alpha value is -1.18. The van der Waals surface area contributed by atoms with E-state index < -0.39 is 0 Å². The zero-order chi connectivity index (χ0) is 14.3. The Morgan fingerprint density at radius 2 is 1.85 bits per heavy atom. The molecule has 1 heterocycles. The molecule has 1 N–H and O–H groups in total. The lowest BCUT2D eigenvalue weighted by atomic mass is 9.98. The second-order valence-corrected chi connectivity index (χ2v) is 6.46. The van der Waals surface area contributed by atoms with Gasteiger partial charge in [0, 0.05) is 5.69 Å². The van der Waals surface area contributed by atoms with Gasteiger partial charge in [0.2, 0.25) is 0 Å². The average Bonchev–Trinajstić information content (AvgIpc) is 2.84. The Morgan fingerprint density at radius 3 is 2.55 bits per heavy atom. The van der Waals surface area contributed by atoms with Crippen molar-refractivity contribution in [2.24, 2.45) is 0 Å². The summed E-state index contributed by atoms with van der Waals surface area (Å²) in [6.07, 6.45) is 0.994. The largest absolute Gasteiger partial charge is 0.378 e. The Kier molecular flexibility index (Phi) is 3.66. The van der Waals surface area contributed by atoms with Crippen LogP contribution in [0.15, 0.2) is 36.4 Å². The van der Waals surface area contributed by atoms with Crippen LogP contribution in [-0.4, -0.2) is 0 Å². The van der Waals surface area contributed by atoms with Crippen molar-refractivity contribution in [3.63, 3.8) is 0 Å². The zero-order valence-corrected chi connectivity index (χ0v) is 13.1. The van der Waals surface area contributed by atoms with Crippen LogP contribution in [0, 0.1) is 0 Å². The average molecular weight is 306 g/mol. The highest BCUT2D eigenvalue weighted by atomic mass is 35.5. The summed E-state index contributed by atoms with van der Waals surface area (Å²) in [5, 5.41) is 4.78. The number of fused-ring (bicyclic) bond motifs is 1. The lowest BCUT2D eigenvalue weighted by Gasteiger charge is -2.12. The van der Waals surface area contributed by atoms with Crippen molar-refractivity contribution < 1.29 is 0 Å². The van der Waals surface area contributed by atoms with Crippen LogP contribution in [0.2, 0.25) is 10.0 Å². The highest BCUT2D eigenvalue weighted by Crippen LogP contribution is 2.37. The number of halogens is 2. The molecule has 0 spiro atoms. The van der Waals surface area contributed by atoms with E-state index in [1.165, 1.54) is 22.4 Å². The molecule has 0 saturated heterocycles. The maximum absolute atomic E-state index is 6.11. The number of hydrogen-bond donors (Lipinski definition) is 1. The van der Waals surface area contributed by atoms with Gasteiger partial charge in [-0.3, -0.25) is 0 Å². The van der Waals surface area contributed by atoms with Gasteiger partial charge in [0.25, 0.3) is 0 Å². The van der Waals surface area contributed by atoms with Crippen molar-refractivity contribution in [2.75, 3.05) is 5.32 Å². The van der Waals surface area contributed by atoms with E-state index in [9.17, 15) is 0 Å². The minimum absolute atomic E-state index is 0.280. The highest BCUT2D eigenvalue weighted by Gasteiger charge is 2.22. The molecule has 2 aromatic carbocycles. The Morgan fingerprint density at radius 1 is 1.05 bits per heavy atom. The summed E-state index contributed by atoms with van der Waals surface area (Å²) in [5.74, 6) is 0.560. The van der Waals surface area contributed by atoms with Gasteiger partial charge < -0.3 is 5.32 Å². The Labute approximate surface area is 129 Å². The second-order valence-electron chi connectivity index (χ2n) is 5.65. The summed E-state index contributed by atoms with van der Waals surface area (Å²) in [4.78, 5) is 0. The first kappa shape index (κ1) is 13.8. The summed E-state index contributed by atoms with van der Waals surface area (Å²) >= 11 is 12.1. The van der Waals surface area contributed by atoms with Crippen LogP contribution >= 0.6 is 23.2 Å². The summed E-state index contributed by atoms with van der Waals surface area (Å²) in [6.45, 7) is 4.45. The maximum atomic E-state index is 6.11. The van der Waals surface area contributed by atoms with E-state index in [1.807, 2.05) is 18.2 Å². The fourth-order valence-electron chi connectivity index (χ4n) is 2.67. The normalized spacial score (nSPS) is 17.1. The third kappa shape index (κ3) is 2.53. The van der Waals surface area contributed by atoms with Crippen LogP contribution < -0.4 is 5.32 Å². The summed E-state index contributed by atoms with van der Waals surface area (Å²) < 4.78 is 0. The number of rotatable bonds is 2. The molecule has 2 aromatic rings. The van der Waals surface area contributed by atoms with Crippen LogP contribution in [0.3, 0.4) is 0 Å². The number of anilines is 1. The van der Waals surface area contributed by atoms with Crippen LogP contribution in [0.4, 0.5) is 5.69 Å². The first-order valence-corrected chi connectivity index (χ1v) is 7.64. The van der Waals surface area contributed by atoms with Crippen molar-refractivity contribution in [3.05, 3.63) is 63.1 Å². The van der Waals surface area contributed by atoms with E-state index in [1.54, 1.807) is 0 Å². The fraction of sp³-hybridized carbons (Fsp3) is 0.294. The lowest BCUT2D eigenvalue weighted by Crippen LogP contribution is -2.05. The zero-order valence-electron chi connectivity index (χ0n) is 11.6. The number of nitrogens with one attached hydrogen (secondary N) is 1. The van der Waals surface area contributed by atoms with Gasteiger partial charge >= 0.3 is 0 Å². The van der Waals surface area contributed by atoms with Crippen LogP contribution in [0.25, 0.3) is 0 Å². The van der Waals surface area contributed by atoms with Gasteiger partial charge in [-0.15, -0.1) is 0 Å². The van der Waals surface area contributed by atoms with Crippen LogP contribution in [0.1, 0.15) is 42.5 Å². The van der Waals surface area contributed by atoms with Gasteiger partial charge in [0.1, 0.15) is 0 Å². The van der Waals surface area contributed by atoms with Gasteiger partial charge in [-0.05, 0) is 47.2 Å². The molecule has 0 fully saturated rings. The lowest BCUT2D eigenvalue weighted by molar-refractivity contribution is 0.819. The second kappa shape index (κ2) is 5.31. The van der Waals surface area contributed by atoms with E-state index >= 15 is 0 Å². The summed E-state index contributed by atoms with van der Waals surface area (Å²) in [5.41, 5.74) is 5.18. The summed E-state index contributed by atoms with van der Waals surface area (Å²) in [7, 11) is 0. The van der Waals surface area contributed by atoms with Gasteiger partial charge in [-0.2, -0.15) is 0 Å². The fourth-order valence-corrected chi connectivity index (χ4v) is 2.98. The molecule has 1 unspecified atom stereocenters. The molecule has 0 radical (unpaired) electrons. The third-order valence-corrected chi connectivity index (χ3v) is 4.63. The molecule has 104 valence electrons. The van der Waals surface area contributed by atoms with Crippen molar-refractivity contribution in [3.8, 4) is 0 Å². The first-order valence-electron chi connectivity index (χ1n) is 6.89. The Balaban J connectivity index is 1.88. The molecule has 20 heavy (non-hydrogen) atoms. The van der Waals surface area contributed by atoms with E-state index in [0.717, 1.165) is 6.42 Å². The molecule has 0 aromatic heterocycles. The van der Waals surface area contributed by atoms with Gasteiger partial charge in [-0.1, -0.05) is 55.2 Å². The van der Waals surface area contributed by atoms with E-state index in [2.05, 4.69) is 37.4 Å². The van der Waals surface area contributed by atoms with Crippen molar-refractivity contribution in [1.29, 1.82) is 0 Å².